The zero-order valence-corrected chi connectivity index (χ0v) is 19.9. The molecule has 2 aliphatic carbocycles. The number of allylic oxidation sites excluding steroid dienone is 1. The van der Waals surface area contributed by atoms with Crippen LogP contribution in [0.15, 0.2) is 48.5 Å². The van der Waals surface area contributed by atoms with Crippen LogP contribution in [-0.4, -0.2) is 13.1 Å². The monoisotopic (exact) mass is 427 g/mol. The van der Waals surface area contributed by atoms with Crippen molar-refractivity contribution in [1.82, 2.24) is 0 Å². The molecule has 1 saturated heterocycles. The molecule has 5 rings (SSSR count). The van der Waals surface area contributed by atoms with Gasteiger partial charge in [-0.25, -0.2) is 0 Å². The van der Waals surface area contributed by atoms with Crippen LogP contribution in [0.1, 0.15) is 93.7 Å². The van der Waals surface area contributed by atoms with E-state index in [1.807, 2.05) is 0 Å². The van der Waals surface area contributed by atoms with E-state index in [1.165, 1.54) is 118 Å². The van der Waals surface area contributed by atoms with Crippen molar-refractivity contribution >= 4 is 17.3 Å². The zero-order chi connectivity index (χ0) is 21.6. The van der Waals surface area contributed by atoms with Crippen molar-refractivity contribution in [2.45, 2.75) is 83.5 Å². The van der Waals surface area contributed by atoms with E-state index < -0.39 is 0 Å². The van der Waals surface area contributed by atoms with Crippen molar-refractivity contribution < 1.29 is 0 Å². The largest absolute Gasteiger partial charge is 0.371 e. The van der Waals surface area contributed by atoms with Gasteiger partial charge in [-0.05, 0) is 65.5 Å². The molecule has 0 spiro atoms. The molecule has 0 N–H and O–H groups in total. The first-order chi connectivity index (χ1) is 15.8. The molecular weight excluding hydrogens is 386 g/mol. The smallest absolute Gasteiger partial charge is 0.0372 e. The lowest BCUT2D eigenvalue weighted by molar-refractivity contribution is 0.364. The van der Waals surface area contributed by atoms with Crippen molar-refractivity contribution in [1.29, 1.82) is 0 Å². The van der Waals surface area contributed by atoms with Gasteiger partial charge < -0.3 is 4.90 Å². The second-order valence-corrected chi connectivity index (χ2v) is 10.7. The van der Waals surface area contributed by atoms with E-state index in [-0.39, 0.29) is 0 Å². The van der Waals surface area contributed by atoms with Crippen LogP contribution in [0.4, 0.5) is 5.69 Å². The molecule has 0 radical (unpaired) electrons. The van der Waals surface area contributed by atoms with Crippen molar-refractivity contribution in [3.05, 3.63) is 65.2 Å². The fourth-order valence-corrected chi connectivity index (χ4v) is 6.37. The minimum absolute atomic E-state index is 0.955. The lowest BCUT2D eigenvalue weighted by Gasteiger charge is -2.34. The number of benzene rings is 2. The zero-order valence-electron chi connectivity index (χ0n) is 19.9. The second kappa shape index (κ2) is 10.7. The van der Waals surface area contributed by atoms with Gasteiger partial charge in [-0.2, -0.15) is 0 Å². The molecule has 32 heavy (non-hydrogen) atoms. The van der Waals surface area contributed by atoms with E-state index in [2.05, 4.69) is 59.5 Å². The summed E-state index contributed by atoms with van der Waals surface area (Å²) in [6.07, 6.45) is 21.1. The lowest BCUT2D eigenvalue weighted by Crippen LogP contribution is -2.33. The Kier molecular flexibility index (Phi) is 7.31. The Labute approximate surface area is 195 Å². The van der Waals surface area contributed by atoms with E-state index >= 15 is 0 Å². The Morgan fingerprint density at radius 2 is 1.44 bits per heavy atom. The predicted octanol–water partition coefficient (Wildman–Crippen LogP) is 8.53. The normalized spacial score (nSPS) is 19.4. The number of unbranched alkanes of at least 4 members (excludes halogenated alkanes) is 3. The first-order valence-corrected chi connectivity index (χ1v) is 13.5. The van der Waals surface area contributed by atoms with Crippen molar-refractivity contribution in [3.63, 3.8) is 0 Å². The van der Waals surface area contributed by atoms with Gasteiger partial charge in [0.05, 0.1) is 0 Å². The number of hydrogen-bond donors (Lipinski definition) is 0. The minimum atomic E-state index is 0.955. The van der Waals surface area contributed by atoms with Crippen molar-refractivity contribution in [2.75, 3.05) is 18.0 Å². The first-order valence-electron chi connectivity index (χ1n) is 13.5. The maximum absolute atomic E-state index is 2.63. The van der Waals surface area contributed by atoms with Gasteiger partial charge in [0.15, 0.2) is 0 Å². The van der Waals surface area contributed by atoms with Crippen molar-refractivity contribution in [2.24, 2.45) is 11.8 Å². The molecule has 0 aromatic heterocycles. The molecule has 2 aromatic carbocycles. The summed E-state index contributed by atoms with van der Waals surface area (Å²) in [6.45, 7) is 2.46. The molecule has 170 valence electrons. The Morgan fingerprint density at radius 3 is 2.19 bits per heavy atom. The van der Waals surface area contributed by atoms with Gasteiger partial charge in [0, 0.05) is 18.8 Å². The summed E-state index contributed by atoms with van der Waals surface area (Å²) in [4.78, 5) is 2.63. The van der Waals surface area contributed by atoms with E-state index in [0.717, 1.165) is 18.3 Å². The molecule has 2 aromatic rings. The highest BCUT2D eigenvalue weighted by Gasteiger charge is 2.20. The minimum Gasteiger partial charge on any atom is -0.371 e. The van der Waals surface area contributed by atoms with Gasteiger partial charge in [0.1, 0.15) is 0 Å². The summed E-state index contributed by atoms with van der Waals surface area (Å²) in [7, 11) is 0. The Balaban J connectivity index is 1.04. The van der Waals surface area contributed by atoms with Gasteiger partial charge in [0.2, 0.25) is 0 Å². The molecule has 1 aliphatic heterocycles. The fourth-order valence-electron chi connectivity index (χ4n) is 6.37. The fraction of sp³-hybridized carbons (Fsp3) is 0.548. The molecule has 0 atom stereocenters. The van der Waals surface area contributed by atoms with Crippen LogP contribution in [0.3, 0.4) is 0 Å². The van der Waals surface area contributed by atoms with Gasteiger partial charge in [-0.3, -0.25) is 0 Å². The maximum atomic E-state index is 2.63. The maximum Gasteiger partial charge on any atom is 0.0372 e. The number of anilines is 1. The van der Waals surface area contributed by atoms with Crippen LogP contribution < -0.4 is 4.90 Å². The number of nitrogens with zero attached hydrogens (tertiary/aromatic N) is 1. The summed E-state index contributed by atoms with van der Waals surface area (Å²) in [5.41, 5.74) is 7.15. The molecule has 3 aliphatic rings. The van der Waals surface area contributed by atoms with Crippen molar-refractivity contribution in [3.8, 4) is 0 Å². The third-order valence-electron chi connectivity index (χ3n) is 8.41. The summed E-state index contributed by atoms with van der Waals surface area (Å²) in [5, 5.41) is 0. The number of fused-ring (bicyclic) bond motifs is 1. The summed E-state index contributed by atoms with van der Waals surface area (Å²) >= 11 is 0. The van der Waals surface area contributed by atoms with E-state index in [1.54, 1.807) is 0 Å². The van der Waals surface area contributed by atoms with Crippen LogP contribution in [0.2, 0.25) is 0 Å². The molecule has 0 bridgehead atoms. The van der Waals surface area contributed by atoms with Crippen LogP contribution in [0.5, 0.6) is 0 Å². The molecule has 1 heteroatoms. The highest BCUT2D eigenvalue weighted by atomic mass is 15.1. The Bertz CT molecular complexity index is 896. The number of hydrogen-bond acceptors (Lipinski definition) is 1. The molecule has 1 nitrogen and oxygen atoms in total. The predicted molar refractivity (Wildman–Crippen MR) is 139 cm³/mol. The summed E-state index contributed by atoms with van der Waals surface area (Å²) in [6, 6.07) is 18.1. The van der Waals surface area contributed by atoms with E-state index in [4.69, 9.17) is 0 Å². The Hall–Kier alpha value is -2.02. The third kappa shape index (κ3) is 5.48. The quantitative estimate of drug-likeness (QED) is 0.362. The van der Waals surface area contributed by atoms with Gasteiger partial charge in [-0.15, -0.1) is 0 Å². The van der Waals surface area contributed by atoms with Crippen LogP contribution in [0, 0.1) is 11.8 Å². The standard InChI is InChI=1S/C31H41N/c1(3-10-25-12-5-6-13-25)2-4-11-26-18-20-32(21-19-26)31-17-9-16-29(24-31)30-22-27-14-7-8-15-28(27)23-30/h7-9,14-17,22,24-26H,1-6,10-13,18-21,23H2. The third-order valence-corrected chi connectivity index (χ3v) is 8.41. The van der Waals surface area contributed by atoms with Crippen LogP contribution in [-0.2, 0) is 6.42 Å². The molecule has 0 amide bonds. The topological polar surface area (TPSA) is 3.24 Å². The van der Waals surface area contributed by atoms with E-state index in [0.29, 0.717) is 0 Å². The SMILES string of the molecule is C1=C(c2cccc(N3CCC(CCCCCCC4CCCC4)CC3)c2)Cc2ccccc21. The Morgan fingerprint density at radius 1 is 0.719 bits per heavy atom. The molecule has 1 saturated carbocycles. The highest BCUT2D eigenvalue weighted by Crippen LogP contribution is 2.34. The lowest BCUT2D eigenvalue weighted by atomic mass is 9.90. The summed E-state index contributed by atoms with van der Waals surface area (Å²) in [5.74, 6) is 2.04. The van der Waals surface area contributed by atoms with Gasteiger partial charge >= 0.3 is 0 Å². The van der Waals surface area contributed by atoms with Crippen LogP contribution in [0.25, 0.3) is 11.6 Å². The second-order valence-electron chi connectivity index (χ2n) is 10.7. The number of rotatable bonds is 9. The molecule has 2 fully saturated rings. The average molecular weight is 428 g/mol. The van der Waals surface area contributed by atoms with Gasteiger partial charge in [-0.1, -0.05) is 107 Å². The van der Waals surface area contributed by atoms with E-state index in [9.17, 15) is 0 Å². The molecule has 1 heterocycles. The van der Waals surface area contributed by atoms with Gasteiger partial charge in [0.25, 0.3) is 0 Å². The number of piperidine rings is 1. The first kappa shape index (κ1) is 21.8. The molecule has 0 unspecified atom stereocenters. The highest BCUT2D eigenvalue weighted by molar-refractivity contribution is 5.89. The molecular formula is C31H41N. The summed E-state index contributed by atoms with van der Waals surface area (Å²) < 4.78 is 0. The van der Waals surface area contributed by atoms with Crippen LogP contribution >= 0.6 is 0 Å². The average Bonchev–Trinajstić information content (AvgIpc) is 3.52.